The highest BCUT2D eigenvalue weighted by atomic mass is 79.9. The maximum atomic E-state index is 12.1. The average molecular weight is 327 g/mol. The van der Waals surface area contributed by atoms with Gasteiger partial charge in [0.2, 0.25) is 5.91 Å². The Labute approximate surface area is 124 Å². The van der Waals surface area contributed by atoms with E-state index in [0.717, 1.165) is 16.6 Å². The zero-order chi connectivity index (χ0) is 14.5. The lowest BCUT2D eigenvalue weighted by molar-refractivity contribution is -0.126. The highest BCUT2D eigenvalue weighted by molar-refractivity contribution is 9.10. The standard InChI is InChI=1S/C15H23BrN2O/c1-5-17-10-11(2)14(19)18-15(3,4)12-6-8-13(16)9-7-12/h6-9,11,17H,5,10H2,1-4H3,(H,18,19). The van der Waals surface area contributed by atoms with E-state index >= 15 is 0 Å². The first-order chi connectivity index (χ1) is 8.86. The van der Waals surface area contributed by atoms with Gasteiger partial charge in [0.15, 0.2) is 0 Å². The highest BCUT2D eigenvalue weighted by Gasteiger charge is 2.25. The third-order valence-electron chi connectivity index (χ3n) is 3.15. The quantitative estimate of drug-likeness (QED) is 0.843. The van der Waals surface area contributed by atoms with Crippen LogP contribution >= 0.6 is 15.9 Å². The van der Waals surface area contributed by atoms with E-state index in [1.54, 1.807) is 0 Å². The largest absolute Gasteiger partial charge is 0.347 e. The van der Waals surface area contributed by atoms with Crippen molar-refractivity contribution in [2.45, 2.75) is 33.2 Å². The van der Waals surface area contributed by atoms with Gasteiger partial charge in [-0.25, -0.2) is 0 Å². The topological polar surface area (TPSA) is 41.1 Å². The number of carbonyl (C=O) groups excluding carboxylic acids is 1. The minimum absolute atomic E-state index is 0.0327. The molecule has 1 unspecified atom stereocenters. The van der Waals surface area contributed by atoms with Crippen molar-refractivity contribution in [2.75, 3.05) is 13.1 Å². The fraction of sp³-hybridized carbons (Fsp3) is 0.533. The number of rotatable bonds is 6. The predicted octanol–water partition coefficient (Wildman–Crippen LogP) is 3.05. The summed E-state index contributed by atoms with van der Waals surface area (Å²) < 4.78 is 1.04. The summed E-state index contributed by atoms with van der Waals surface area (Å²) in [6, 6.07) is 8.04. The summed E-state index contributed by atoms with van der Waals surface area (Å²) in [6.07, 6.45) is 0. The van der Waals surface area contributed by atoms with Gasteiger partial charge in [0.25, 0.3) is 0 Å². The molecule has 1 atom stereocenters. The molecule has 0 radical (unpaired) electrons. The van der Waals surface area contributed by atoms with Crippen LogP contribution in [0, 0.1) is 5.92 Å². The fourth-order valence-electron chi connectivity index (χ4n) is 1.82. The molecule has 0 heterocycles. The summed E-state index contributed by atoms with van der Waals surface area (Å²) in [5.74, 6) is 0.0449. The number of hydrogen-bond acceptors (Lipinski definition) is 2. The van der Waals surface area contributed by atoms with Gasteiger partial charge in [-0.05, 0) is 38.1 Å². The average Bonchev–Trinajstić information content (AvgIpc) is 2.35. The molecule has 0 fully saturated rings. The second-order valence-corrected chi connectivity index (χ2v) is 6.25. The number of carbonyl (C=O) groups is 1. The maximum Gasteiger partial charge on any atom is 0.224 e. The molecule has 2 N–H and O–H groups in total. The molecule has 0 aliphatic heterocycles. The molecule has 1 amide bonds. The van der Waals surface area contributed by atoms with Crippen LogP contribution in [0.5, 0.6) is 0 Å². The predicted molar refractivity (Wildman–Crippen MR) is 83.0 cm³/mol. The lowest BCUT2D eigenvalue weighted by atomic mass is 9.93. The van der Waals surface area contributed by atoms with Crippen LogP contribution < -0.4 is 10.6 Å². The molecule has 0 aromatic heterocycles. The van der Waals surface area contributed by atoms with Crippen LogP contribution in [0.25, 0.3) is 0 Å². The Morgan fingerprint density at radius 2 is 1.89 bits per heavy atom. The van der Waals surface area contributed by atoms with Crippen LogP contribution in [0.1, 0.15) is 33.3 Å². The number of amides is 1. The van der Waals surface area contributed by atoms with Gasteiger partial charge in [-0.15, -0.1) is 0 Å². The Kier molecular flexibility index (Phi) is 6.01. The Hall–Kier alpha value is -0.870. The molecular weight excluding hydrogens is 304 g/mol. The molecular formula is C15H23BrN2O. The van der Waals surface area contributed by atoms with Crippen molar-refractivity contribution in [3.05, 3.63) is 34.3 Å². The molecule has 3 nitrogen and oxygen atoms in total. The van der Waals surface area contributed by atoms with Crippen LogP contribution in [-0.4, -0.2) is 19.0 Å². The van der Waals surface area contributed by atoms with Gasteiger partial charge >= 0.3 is 0 Å². The zero-order valence-electron chi connectivity index (χ0n) is 12.1. The van der Waals surface area contributed by atoms with E-state index in [1.807, 2.05) is 52.0 Å². The van der Waals surface area contributed by atoms with Crippen LogP contribution in [0.3, 0.4) is 0 Å². The third-order valence-corrected chi connectivity index (χ3v) is 3.68. The van der Waals surface area contributed by atoms with Crippen LogP contribution in [0.15, 0.2) is 28.7 Å². The Morgan fingerprint density at radius 3 is 2.42 bits per heavy atom. The van der Waals surface area contributed by atoms with Crippen molar-refractivity contribution in [3.63, 3.8) is 0 Å². The van der Waals surface area contributed by atoms with E-state index < -0.39 is 0 Å². The van der Waals surface area contributed by atoms with Gasteiger partial charge in [0.05, 0.1) is 5.54 Å². The van der Waals surface area contributed by atoms with Crippen molar-refractivity contribution >= 4 is 21.8 Å². The van der Waals surface area contributed by atoms with Gasteiger partial charge < -0.3 is 10.6 Å². The molecule has 0 aliphatic rings. The minimum atomic E-state index is -0.363. The summed E-state index contributed by atoms with van der Waals surface area (Å²) in [5, 5.41) is 6.30. The van der Waals surface area contributed by atoms with Gasteiger partial charge in [-0.1, -0.05) is 41.9 Å². The first-order valence-electron chi connectivity index (χ1n) is 6.65. The van der Waals surface area contributed by atoms with Gasteiger partial charge in [0.1, 0.15) is 0 Å². The SMILES string of the molecule is CCNCC(C)C(=O)NC(C)(C)c1ccc(Br)cc1. The first kappa shape index (κ1) is 16.2. The van der Waals surface area contributed by atoms with Crippen LogP contribution in [0.4, 0.5) is 0 Å². The molecule has 0 aliphatic carbocycles. The molecule has 1 aromatic rings. The fourth-order valence-corrected chi connectivity index (χ4v) is 2.09. The van der Waals surface area contributed by atoms with E-state index in [9.17, 15) is 4.79 Å². The third kappa shape index (κ3) is 4.96. The van der Waals surface area contributed by atoms with Crippen LogP contribution in [-0.2, 0) is 10.3 Å². The number of nitrogens with one attached hydrogen (secondary N) is 2. The van der Waals surface area contributed by atoms with Crippen LogP contribution in [0.2, 0.25) is 0 Å². The summed E-state index contributed by atoms with van der Waals surface area (Å²) in [5.41, 5.74) is 0.734. The van der Waals surface area contributed by atoms with E-state index in [0.29, 0.717) is 6.54 Å². The highest BCUT2D eigenvalue weighted by Crippen LogP contribution is 2.22. The summed E-state index contributed by atoms with van der Waals surface area (Å²) in [4.78, 5) is 12.1. The lowest BCUT2D eigenvalue weighted by Gasteiger charge is -2.28. The van der Waals surface area contributed by atoms with Gasteiger partial charge in [0, 0.05) is 16.9 Å². The van der Waals surface area contributed by atoms with Gasteiger partial charge in [-0.2, -0.15) is 0 Å². The molecule has 0 saturated heterocycles. The number of benzene rings is 1. The molecule has 1 aromatic carbocycles. The smallest absolute Gasteiger partial charge is 0.224 e. The van der Waals surface area contributed by atoms with E-state index in [1.165, 1.54) is 0 Å². The molecule has 4 heteroatoms. The first-order valence-corrected chi connectivity index (χ1v) is 7.45. The number of hydrogen-bond donors (Lipinski definition) is 2. The van der Waals surface area contributed by atoms with E-state index in [2.05, 4.69) is 26.6 Å². The molecule has 19 heavy (non-hydrogen) atoms. The zero-order valence-corrected chi connectivity index (χ0v) is 13.7. The second kappa shape index (κ2) is 7.06. The second-order valence-electron chi connectivity index (χ2n) is 5.33. The van der Waals surface area contributed by atoms with Gasteiger partial charge in [-0.3, -0.25) is 4.79 Å². The van der Waals surface area contributed by atoms with Crippen molar-refractivity contribution in [2.24, 2.45) is 5.92 Å². The monoisotopic (exact) mass is 326 g/mol. The summed E-state index contributed by atoms with van der Waals surface area (Å²) >= 11 is 3.42. The summed E-state index contributed by atoms with van der Waals surface area (Å²) in [6.45, 7) is 9.61. The lowest BCUT2D eigenvalue weighted by Crippen LogP contribution is -2.45. The molecule has 0 saturated carbocycles. The van der Waals surface area contributed by atoms with Crippen molar-refractivity contribution < 1.29 is 4.79 Å². The van der Waals surface area contributed by atoms with Crippen molar-refractivity contribution in [1.29, 1.82) is 0 Å². The molecule has 0 spiro atoms. The minimum Gasteiger partial charge on any atom is -0.347 e. The Morgan fingerprint density at radius 1 is 1.32 bits per heavy atom. The number of halogens is 1. The van der Waals surface area contributed by atoms with E-state index in [-0.39, 0.29) is 17.4 Å². The van der Waals surface area contributed by atoms with Crippen molar-refractivity contribution in [3.8, 4) is 0 Å². The Bertz CT molecular complexity index is 415. The Balaban J connectivity index is 2.68. The molecule has 1 rings (SSSR count). The molecule has 0 bridgehead atoms. The normalized spacial score (nSPS) is 13.1. The van der Waals surface area contributed by atoms with Crippen molar-refractivity contribution in [1.82, 2.24) is 10.6 Å². The maximum absolute atomic E-state index is 12.1. The van der Waals surface area contributed by atoms with E-state index in [4.69, 9.17) is 0 Å². The molecule has 106 valence electrons. The summed E-state index contributed by atoms with van der Waals surface area (Å²) in [7, 11) is 0.